The molecule has 0 radical (unpaired) electrons. The number of hydrogen-bond acceptors (Lipinski definition) is 5. The summed E-state index contributed by atoms with van der Waals surface area (Å²) in [5, 5.41) is 0. The first-order chi connectivity index (χ1) is 17.6. The van der Waals surface area contributed by atoms with Gasteiger partial charge >= 0.3 is 0 Å². The fourth-order valence-electron chi connectivity index (χ4n) is 5.21. The number of nitrogens with two attached hydrogens (primary N) is 1. The van der Waals surface area contributed by atoms with E-state index in [9.17, 15) is 0 Å². The van der Waals surface area contributed by atoms with Gasteiger partial charge in [-0.1, -0.05) is 31.4 Å². The zero-order chi connectivity index (χ0) is 24.9. The molecule has 0 unspecified atom stereocenters. The summed E-state index contributed by atoms with van der Waals surface area (Å²) in [6.45, 7) is 1.29. The van der Waals surface area contributed by atoms with Crippen LogP contribution >= 0.6 is 0 Å². The highest BCUT2D eigenvalue weighted by atomic mass is 19.1. The molecule has 0 amide bonds. The van der Waals surface area contributed by atoms with E-state index in [2.05, 4.69) is 4.98 Å². The number of fused-ring (bicyclic) bond motifs is 1. The van der Waals surface area contributed by atoms with Crippen LogP contribution in [0.25, 0.3) is 27.7 Å². The third kappa shape index (κ3) is 5.46. The second-order valence-electron chi connectivity index (χ2n) is 9.80. The number of ether oxygens (including phenoxy) is 1. The highest BCUT2D eigenvalue weighted by Crippen LogP contribution is 2.32. The summed E-state index contributed by atoms with van der Waals surface area (Å²) < 4.78 is 35.7. The summed E-state index contributed by atoms with van der Waals surface area (Å²) in [7, 11) is 0. The largest absolute Gasteiger partial charge is 0.404 e. The molecule has 0 atom stereocenters. The lowest BCUT2D eigenvalue weighted by molar-refractivity contribution is 0.0660. The van der Waals surface area contributed by atoms with Crippen molar-refractivity contribution in [1.82, 2.24) is 9.97 Å². The number of aliphatic imine (C=N–C) groups is 1. The number of hydrogen-bond donors (Lipinski definition) is 1. The molecule has 0 bridgehead atoms. The topological polar surface area (TPSA) is 73.4 Å². The quantitative estimate of drug-likeness (QED) is 0.415. The standard InChI is InChI=1S/C29H32F2N4O/c30-25-14-20(15-26(31)24(25)13-19-9-11-36-12-10-19)23-7-4-8-27-29(23)35-28(18-34-27)21(16-32)17-33-22-5-2-1-3-6-22/h4,7-8,14-19,22H,1-3,5-6,9-13,32H2. The molecule has 1 saturated heterocycles. The molecule has 1 saturated carbocycles. The molecule has 1 aliphatic carbocycles. The maximum Gasteiger partial charge on any atom is 0.129 e. The van der Waals surface area contributed by atoms with Crippen molar-refractivity contribution in [2.75, 3.05) is 13.2 Å². The van der Waals surface area contributed by atoms with Crippen LogP contribution in [0.4, 0.5) is 8.78 Å². The summed E-state index contributed by atoms with van der Waals surface area (Å²) in [6, 6.07) is 8.60. The van der Waals surface area contributed by atoms with Gasteiger partial charge in [-0.05, 0) is 61.8 Å². The minimum atomic E-state index is -0.528. The van der Waals surface area contributed by atoms with Crippen LogP contribution < -0.4 is 5.73 Å². The minimum Gasteiger partial charge on any atom is -0.404 e. The molecular weight excluding hydrogens is 458 g/mol. The molecule has 5 nitrogen and oxygen atoms in total. The Hall–Kier alpha value is -3.19. The second-order valence-corrected chi connectivity index (χ2v) is 9.80. The van der Waals surface area contributed by atoms with Crippen molar-refractivity contribution in [2.45, 2.75) is 57.4 Å². The Kier molecular flexibility index (Phi) is 7.66. The molecule has 5 rings (SSSR count). The van der Waals surface area contributed by atoms with Crippen molar-refractivity contribution >= 4 is 22.8 Å². The Balaban J connectivity index is 1.46. The van der Waals surface area contributed by atoms with Crippen molar-refractivity contribution in [2.24, 2.45) is 16.6 Å². The van der Waals surface area contributed by atoms with E-state index in [0.717, 1.165) is 25.7 Å². The molecule has 36 heavy (non-hydrogen) atoms. The van der Waals surface area contributed by atoms with Crippen LogP contribution in [0.3, 0.4) is 0 Å². The molecule has 1 aromatic heterocycles. The van der Waals surface area contributed by atoms with E-state index in [0.29, 0.717) is 59.1 Å². The fraction of sp³-hybridized carbons (Fsp3) is 0.414. The summed E-state index contributed by atoms with van der Waals surface area (Å²) in [4.78, 5) is 14.1. The average molecular weight is 491 g/mol. The number of para-hydroxylation sites is 1. The maximum atomic E-state index is 15.1. The third-order valence-corrected chi connectivity index (χ3v) is 7.33. The highest BCUT2D eigenvalue weighted by Gasteiger charge is 2.21. The first-order valence-electron chi connectivity index (χ1n) is 12.9. The number of halogens is 2. The van der Waals surface area contributed by atoms with Crippen molar-refractivity contribution in [1.29, 1.82) is 0 Å². The van der Waals surface area contributed by atoms with Gasteiger partial charge in [-0.3, -0.25) is 9.98 Å². The molecule has 7 heteroatoms. The highest BCUT2D eigenvalue weighted by molar-refractivity contribution is 6.09. The van der Waals surface area contributed by atoms with Crippen LogP contribution in [0.5, 0.6) is 0 Å². The molecule has 3 aromatic rings. The van der Waals surface area contributed by atoms with Crippen LogP contribution in [0.15, 0.2) is 47.7 Å². The normalized spacial score (nSPS) is 18.3. The molecule has 2 fully saturated rings. The van der Waals surface area contributed by atoms with E-state index in [1.54, 1.807) is 12.4 Å². The number of nitrogens with zero attached hydrogens (tertiary/aromatic N) is 3. The van der Waals surface area contributed by atoms with Gasteiger partial charge in [-0.15, -0.1) is 0 Å². The molecule has 2 aromatic carbocycles. The third-order valence-electron chi connectivity index (χ3n) is 7.33. The van der Waals surface area contributed by atoms with E-state index >= 15 is 8.78 Å². The van der Waals surface area contributed by atoms with Gasteiger partial charge in [0.05, 0.1) is 22.9 Å². The molecule has 2 aliphatic rings. The molecule has 188 valence electrons. The monoisotopic (exact) mass is 490 g/mol. The molecule has 1 aliphatic heterocycles. The van der Waals surface area contributed by atoms with Gasteiger partial charge in [0, 0.05) is 48.4 Å². The molecule has 0 spiro atoms. The molecule has 2 heterocycles. The maximum absolute atomic E-state index is 15.1. The molecule has 2 N–H and O–H groups in total. The van der Waals surface area contributed by atoms with Crippen LogP contribution in [-0.2, 0) is 11.2 Å². The van der Waals surface area contributed by atoms with Gasteiger partial charge in [-0.25, -0.2) is 13.8 Å². The SMILES string of the molecule is NC=C(C=NC1CCCCC1)c1cnc2cccc(-c3cc(F)c(CC4CCOCC4)c(F)c3)c2n1. The lowest BCUT2D eigenvalue weighted by Crippen LogP contribution is -2.18. The van der Waals surface area contributed by atoms with Crippen LogP contribution in [-0.4, -0.2) is 35.4 Å². The first-order valence-corrected chi connectivity index (χ1v) is 12.9. The van der Waals surface area contributed by atoms with Gasteiger partial charge < -0.3 is 10.5 Å². The van der Waals surface area contributed by atoms with E-state index in [1.807, 2.05) is 18.2 Å². The van der Waals surface area contributed by atoms with Crippen molar-refractivity contribution in [3.8, 4) is 11.1 Å². The summed E-state index contributed by atoms with van der Waals surface area (Å²) in [6.07, 6.45) is 12.8. The van der Waals surface area contributed by atoms with Gasteiger partial charge in [0.2, 0.25) is 0 Å². The Morgan fingerprint density at radius 3 is 2.53 bits per heavy atom. The smallest absolute Gasteiger partial charge is 0.129 e. The van der Waals surface area contributed by atoms with Crippen molar-refractivity contribution in [3.63, 3.8) is 0 Å². The van der Waals surface area contributed by atoms with E-state index < -0.39 is 11.6 Å². The Labute approximate surface area is 210 Å². The number of allylic oxidation sites excluding steroid dienone is 1. The number of rotatable bonds is 6. The van der Waals surface area contributed by atoms with Crippen LogP contribution in [0.1, 0.15) is 56.2 Å². The van der Waals surface area contributed by atoms with Gasteiger partial charge in [0.1, 0.15) is 11.6 Å². The first kappa shape index (κ1) is 24.5. The van der Waals surface area contributed by atoms with Gasteiger partial charge in [0.25, 0.3) is 0 Å². The Morgan fingerprint density at radius 1 is 1.06 bits per heavy atom. The second kappa shape index (κ2) is 11.2. The summed E-state index contributed by atoms with van der Waals surface area (Å²) in [5.74, 6) is -0.823. The zero-order valence-corrected chi connectivity index (χ0v) is 20.4. The minimum absolute atomic E-state index is 0.143. The lowest BCUT2D eigenvalue weighted by atomic mass is 9.90. The van der Waals surface area contributed by atoms with Crippen molar-refractivity contribution < 1.29 is 13.5 Å². The predicted octanol–water partition coefficient (Wildman–Crippen LogP) is 6.25. The van der Waals surface area contributed by atoms with E-state index in [1.165, 1.54) is 37.6 Å². The van der Waals surface area contributed by atoms with Crippen LogP contribution in [0, 0.1) is 17.6 Å². The van der Waals surface area contributed by atoms with E-state index in [4.69, 9.17) is 20.4 Å². The summed E-state index contributed by atoms with van der Waals surface area (Å²) >= 11 is 0. The van der Waals surface area contributed by atoms with Crippen LogP contribution in [0.2, 0.25) is 0 Å². The average Bonchev–Trinajstić information content (AvgIpc) is 2.92. The molecular formula is C29H32F2N4O. The summed E-state index contributed by atoms with van der Waals surface area (Å²) in [5.41, 5.74) is 9.58. The van der Waals surface area contributed by atoms with Gasteiger partial charge in [0.15, 0.2) is 0 Å². The number of benzene rings is 2. The number of aromatic nitrogens is 2. The Morgan fingerprint density at radius 2 is 1.81 bits per heavy atom. The van der Waals surface area contributed by atoms with E-state index in [-0.39, 0.29) is 11.5 Å². The fourth-order valence-corrected chi connectivity index (χ4v) is 5.21. The van der Waals surface area contributed by atoms with Crippen molar-refractivity contribution in [3.05, 3.63) is 65.6 Å². The lowest BCUT2D eigenvalue weighted by Gasteiger charge is -2.22. The predicted molar refractivity (Wildman–Crippen MR) is 140 cm³/mol. The Bertz CT molecular complexity index is 1250. The zero-order valence-electron chi connectivity index (χ0n) is 20.4. The van der Waals surface area contributed by atoms with Gasteiger partial charge in [-0.2, -0.15) is 0 Å².